The quantitative estimate of drug-likeness (QED) is 0.343. The van der Waals surface area contributed by atoms with E-state index in [0.717, 1.165) is 0 Å². The van der Waals surface area contributed by atoms with Crippen molar-refractivity contribution >= 4 is 17.3 Å². The van der Waals surface area contributed by atoms with Crippen LogP contribution in [-0.4, -0.2) is 17.5 Å². The lowest BCUT2D eigenvalue weighted by molar-refractivity contribution is -0.384. The molecule has 7 heteroatoms. The molecule has 86 valence electrons. The van der Waals surface area contributed by atoms with E-state index >= 15 is 0 Å². The number of hydrogen-bond acceptors (Lipinski definition) is 6. The lowest BCUT2D eigenvalue weighted by atomic mass is 10.2. The molecule has 1 aromatic carbocycles. The smallest absolute Gasteiger partial charge is 0.338 e. The molecule has 0 aromatic heterocycles. The second kappa shape index (κ2) is 5.08. The number of benzene rings is 1. The average Bonchev–Trinajstić information content (AvgIpc) is 2.28. The highest BCUT2D eigenvalue weighted by Crippen LogP contribution is 2.24. The summed E-state index contributed by atoms with van der Waals surface area (Å²) in [7, 11) is 0. The van der Waals surface area contributed by atoms with Crippen LogP contribution in [0.3, 0.4) is 0 Å². The van der Waals surface area contributed by atoms with Crippen LogP contribution >= 0.6 is 0 Å². The van der Waals surface area contributed by atoms with Gasteiger partial charge >= 0.3 is 5.97 Å². The Morgan fingerprint density at radius 3 is 2.81 bits per heavy atom. The van der Waals surface area contributed by atoms with E-state index < -0.39 is 10.9 Å². The minimum Gasteiger partial charge on any atom is -0.462 e. The molecule has 0 amide bonds. The van der Waals surface area contributed by atoms with Gasteiger partial charge in [0.15, 0.2) is 0 Å². The highest BCUT2D eigenvalue weighted by atomic mass is 16.6. The highest BCUT2D eigenvalue weighted by Gasteiger charge is 2.16. The second-order valence-corrected chi connectivity index (χ2v) is 2.85. The molecule has 3 N–H and O–H groups in total. The molecule has 7 nitrogen and oxygen atoms in total. The molecule has 0 bridgehead atoms. The summed E-state index contributed by atoms with van der Waals surface area (Å²) in [4.78, 5) is 21.3. The van der Waals surface area contributed by atoms with Crippen LogP contribution in [0.1, 0.15) is 17.3 Å². The van der Waals surface area contributed by atoms with Crippen LogP contribution in [0.25, 0.3) is 0 Å². The monoisotopic (exact) mass is 225 g/mol. The molecule has 0 spiro atoms. The number of nitrogens with two attached hydrogens (primary N) is 1. The maximum absolute atomic E-state index is 11.3. The summed E-state index contributed by atoms with van der Waals surface area (Å²) in [6.07, 6.45) is 0. The normalized spacial score (nSPS) is 9.62. The molecule has 0 saturated carbocycles. The molecule has 1 rings (SSSR count). The van der Waals surface area contributed by atoms with Crippen molar-refractivity contribution in [3.05, 3.63) is 33.9 Å². The van der Waals surface area contributed by atoms with Crippen LogP contribution in [0.4, 0.5) is 11.4 Å². The zero-order chi connectivity index (χ0) is 12.1. The van der Waals surface area contributed by atoms with E-state index in [2.05, 4.69) is 5.43 Å². The Kier molecular flexibility index (Phi) is 3.78. The third-order valence-electron chi connectivity index (χ3n) is 1.86. The van der Waals surface area contributed by atoms with Gasteiger partial charge in [0.05, 0.1) is 17.1 Å². The minimum absolute atomic E-state index is 0.0653. The van der Waals surface area contributed by atoms with Crippen LogP contribution in [0.2, 0.25) is 0 Å². The Labute approximate surface area is 91.3 Å². The standard InChI is InChI=1S/C9H11N3O4/c1-2-16-9(13)6-3-4-8(12(14)15)7(5-6)11-10/h3-5,11H,2,10H2,1H3. The van der Waals surface area contributed by atoms with Crippen molar-refractivity contribution in [2.75, 3.05) is 12.0 Å². The zero-order valence-electron chi connectivity index (χ0n) is 8.60. The van der Waals surface area contributed by atoms with Gasteiger partial charge in [-0.2, -0.15) is 0 Å². The van der Waals surface area contributed by atoms with E-state index in [-0.39, 0.29) is 23.5 Å². The van der Waals surface area contributed by atoms with Crippen LogP contribution in [0.5, 0.6) is 0 Å². The van der Waals surface area contributed by atoms with Crippen molar-refractivity contribution in [1.82, 2.24) is 0 Å². The number of esters is 1. The summed E-state index contributed by atoms with van der Waals surface area (Å²) in [6, 6.07) is 3.79. The highest BCUT2D eigenvalue weighted by molar-refractivity contribution is 5.91. The van der Waals surface area contributed by atoms with Gasteiger partial charge in [-0.25, -0.2) is 4.79 Å². The van der Waals surface area contributed by atoms with Crippen LogP contribution in [0.15, 0.2) is 18.2 Å². The number of nitro groups is 1. The summed E-state index contributed by atoms with van der Waals surface area (Å²) in [5, 5.41) is 10.6. The number of carbonyl (C=O) groups is 1. The fraction of sp³-hybridized carbons (Fsp3) is 0.222. The summed E-state index contributed by atoms with van der Waals surface area (Å²) in [6.45, 7) is 1.91. The molecule has 0 saturated heterocycles. The number of nitrogen functional groups attached to an aromatic ring is 1. The fourth-order valence-electron chi connectivity index (χ4n) is 1.15. The predicted octanol–water partition coefficient (Wildman–Crippen LogP) is 1.06. The molecule has 0 fully saturated rings. The number of hydrazine groups is 1. The average molecular weight is 225 g/mol. The number of nitro benzene ring substituents is 1. The summed E-state index contributed by atoms with van der Waals surface area (Å²) in [5.74, 6) is 4.58. The number of anilines is 1. The lowest BCUT2D eigenvalue weighted by Gasteiger charge is -2.05. The van der Waals surface area contributed by atoms with E-state index in [0.29, 0.717) is 0 Å². The van der Waals surface area contributed by atoms with Gasteiger partial charge in [0.25, 0.3) is 5.69 Å². The number of hydrogen-bond donors (Lipinski definition) is 2. The fourth-order valence-corrected chi connectivity index (χ4v) is 1.15. The van der Waals surface area contributed by atoms with Crippen LogP contribution < -0.4 is 11.3 Å². The van der Waals surface area contributed by atoms with E-state index in [1.807, 2.05) is 0 Å². The number of rotatable bonds is 4. The molecule has 0 atom stereocenters. The molecule has 0 radical (unpaired) electrons. The molecular weight excluding hydrogens is 214 g/mol. The van der Waals surface area contributed by atoms with E-state index in [9.17, 15) is 14.9 Å². The largest absolute Gasteiger partial charge is 0.462 e. The minimum atomic E-state index is -0.593. The topological polar surface area (TPSA) is 107 Å². The Morgan fingerprint density at radius 1 is 1.62 bits per heavy atom. The van der Waals surface area contributed by atoms with Crippen molar-refractivity contribution in [2.24, 2.45) is 5.84 Å². The van der Waals surface area contributed by atoms with Gasteiger partial charge in [-0.05, 0) is 19.1 Å². The van der Waals surface area contributed by atoms with Crippen LogP contribution in [-0.2, 0) is 4.74 Å². The van der Waals surface area contributed by atoms with Gasteiger partial charge in [-0.1, -0.05) is 0 Å². The Bertz CT molecular complexity index is 419. The summed E-state index contributed by atoms with van der Waals surface area (Å²) >= 11 is 0. The van der Waals surface area contributed by atoms with Crippen molar-refractivity contribution in [3.63, 3.8) is 0 Å². The predicted molar refractivity (Wildman–Crippen MR) is 56.9 cm³/mol. The molecule has 0 heterocycles. The molecular formula is C9H11N3O4. The van der Waals surface area contributed by atoms with E-state index in [1.165, 1.54) is 18.2 Å². The molecule has 0 aliphatic carbocycles. The summed E-state index contributed by atoms with van der Waals surface area (Å²) in [5.41, 5.74) is 2.24. The van der Waals surface area contributed by atoms with Crippen molar-refractivity contribution in [3.8, 4) is 0 Å². The van der Waals surface area contributed by atoms with Crippen molar-refractivity contribution in [1.29, 1.82) is 0 Å². The maximum atomic E-state index is 11.3. The van der Waals surface area contributed by atoms with Gasteiger partial charge < -0.3 is 10.2 Å². The van der Waals surface area contributed by atoms with E-state index in [1.54, 1.807) is 6.92 Å². The Hall–Kier alpha value is -2.15. The first kappa shape index (κ1) is 11.9. The van der Waals surface area contributed by atoms with Gasteiger partial charge in [-0.3, -0.25) is 16.0 Å². The first-order valence-electron chi connectivity index (χ1n) is 4.52. The molecule has 1 aromatic rings. The first-order chi connectivity index (χ1) is 7.60. The molecule has 0 aliphatic rings. The number of ether oxygens (including phenoxy) is 1. The SMILES string of the molecule is CCOC(=O)c1ccc([N+](=O)[O-])c(NN)c1. The third kappa shape index (κ3) is 2.45. The number of carbonyl (C=O) groups excluding carboxylic acids is 1. The Morgan fingerprint density at radius 2 is 2.31 bits per heavy atom. The number of nitrogens with one attached hydrogen (secondary N) is 1. The van der Waals surface area contributed by atoms with Gasteiger partial charge in [0, 0.05) is 6.07 Å². The number of nitrogens with zero attached hydrogens (tertiary/aromatic N) is 1. The molecule has 16 heavy (non-hydrogen) atoms. The third-order valence-corrected chi connectivity index (χ3v) is 1.86. The lowest BCUT2D eigenvalue weighted by Crippen LogP contribution is -2.11. The Balaban J connectivity index is 3.08. The molecule has 0 unspecified atom stereocenters. The van der Waals surface area contributed by atoms with Gasteiger partial charge in [0.1, 0.15) is 5.69 Å². The van der Waals surface area contributed by atoms with Crippen molar-refractivity contribution < 1.29 is 14.5 Å². The van der Waals surface area contributed by atoms with Gasteiger partial charge in [0.2, 0.25) is 0 Å². The summed E-state index contributed by atoms with van der Waals surface area (Å²) < 4.78 is 4.75. The zero-order valence-corrected chi connectivity index (χ0v) is 8.60. The van der Waals surface area contributed by atoms with Gasteiger partial charge in [-0.15, -0.1) is 0 Å². The van der Waals surface area contributed by atoms with Crippen LogP contribution in [0, 0.1) is 10.1 Å². The molecule has 0 aliphatic heterocycles. The van der Waals surface area contributed by atoms with Crippen molar-refractivity contribution in [2.45, 2.75) is 6.92 Å². The second-order valence-electron chi connectivity index (χ2n) is 2.85. The van der Waals surface area contributed by atoms with E-state index in [4.69, 9.17) is 10.6 Å². The first-order valence-corrected chi connectivity index (χ1v) is 4.52. The maximum Gasteiger partial charge on any atom is 0.338 e.